The molecule has 0 saturated carbocycles. The van der Waals surface area contributed by atoms with E-state index in [1.807, 2.05) is 6.92 Å². The molecule has 17 heavy (non-hydrogen) atoms. The van der Waals surface area contributed by atoms with Crippen LogP contribution in [0.4, 0.5) is 9.52 Å². The first-order valence-electron chi connectivity index (χ1n) is 5.65. The summed E-state index contributed by atoms with van der Waals surface area (Å²) in [5.74, 6) is -0.205. The molecule has 1 aromatic carbocycles. The first-order valence-corrected chi connectivity index (χ1v) is 6.53. The van der Waals surface area contributed by atoms with Crippen LogP contribution >= 0.6 is 11.3 Å². The van der Waals surface area contributed by atoms with Crippen LogP contribution in [-0.4, -0.2) is 4.98 Å². The number of halogens is 1. The molecule has 0 radical (unpaired) electrons. The Morgan fingerprint density at radius 3 is 2.65 bits per heavy atom. The number of benzene rings is 1. The van der Waals surface area contributed by atoms with Crippen LogP contribution in [0.3, 0.4) is 0 Å². The second kappa shape index (κ2) is 5.27. The van der Waals surface area contributed by atoms with E-state index in [1.54, 1.807) is 23.5 Å². The Bertz CT molecular complexity index is 478. The van der Waals surface area contributed by atoms with E-state index in [4.69, 9.17) is 0 Å². The van der Waals surface area contributed by atoms with Gasteiger partial charge >= 0.3 is 0 Å². The molecule has 0 aliphatic carbocycles. The SMILES string of the molecule is CCc1csc(NC(C)c2ccc(F)cc2)n1. The van der Waals surface area contributed by atoms with Crippen molar-refractivity contribution in [1.29, 1.82) is 0 Å². The molecule has 1 atom stereocenters. The lowest BCUT2D eigenvalue weighted by Gasteiger charge is -2.12. The number of rotatable bonds is 4. The monoisotopic (exact) mass is 250 g/mol. The van der Waals surface area contributed by atoms with Gasteiger partial charge in [0.25, 0.3) is 0 Å². The van der Waals surface area contributed by atoms with Crippen molar-refractivity contribution in [1.82, 2.24) is 4.98 Å². The van der Waals surface area contributed by atoms with Gasteiger partial charge in [0.2, 0.25) is 0 Å². The Morgan fingerprint density at radius 1 is 1.35 bits per heavy atom. The van der Waals surface area contributed by atoms with E-state index in [1.165, 1.54) is 12.1 Å². The van der Waals surface area contributed by atoms with Gasteiger partial charge in [0.1, 0.15) is 5.82 Å². The average Bonchev–Trinajstić information content (AvgIpc) is 2.77. The highest BCUT2D eigenvalue weighted by Gasteiger charge is 2.07. The summed E-state index contributed by atoms with van der Waals surface area (Å²) in [6.45, 7) is 4.13. The van der Waals surface area contributed by atoms with E-state index in [2.05, 4.69) is 22.6 Å². The number of hydrogen-bond donors (Lipinski definition) is 1. The van der Waals surface area contributed by atoms with E-state index in [-0.39, 0.29) is 11.9 Å². The molecule has 0 spiro atoms. The van der Waals surface area contributed by atoms with Gasteiger partial charge in [-0.3, -0.25) is 0 Å². The van der Waals surface area contributed by atoms with Crippen LogP contribution in [0.15, 0.2) is 29.6 Å². The maximum atomic E-state index is 12.8. The van der Waals surface area contributed by atoms with Gasteiger partial charge in [0.05, 0.1) is 11.7 Å². The van der Waals surface area contributed by atoms with Gasteiger partial charge in [0.15, 0.2) is 5.13 Å². The van der Waals surface area contributed by atoms with Crippen LogP contribution in [0.25, 0.3) is 0 Å². The topological polar surface area (TPSA) is 24.9 Å². The van der Waals surface area contributed by atoms with Crippen molar-refractivity contribution in [3.63, 3.8) is 0 Å². The van der Waals surface area contributed by atoms with Gasteiger partial charge < -0.3 is 5.32 Å². The molecule has 4 heteroatoms. The van der Waals surface area contributed by atoms with E-state index in [0.717, 1.165) is 22.8 Å². The summed E-state index contributed by atoms with van der Waals surface area (Å²) < 4.78 is 12.8. The summed E-state index contributed by atoms with van der Waals surface area (Å²) in [4.78, 5) is 4.45. The van der Waals surface area contributed by atoms with E-state index >= 15 is 0 Å². The van der Waals surface area contributed by atoms with Gasteiger partial charge in [0, 0.05) is 5.38 Å². The molecule has 0 bridgehead atoms. The molecular formula is C13H15FN2S. The maximum Gasteiger partial charge on any atom is 0.183 e. The van der Waals surface area contributed by atoms with Crippen LogP contribution in [0.1, 0.15) is 31.1 Å². The first-order chi connectivity index (χ1) is 8.19. The molecule has 0 aliphatic rings. The van der Waals surface area contributed by atoms with E-state index in [9.17, 15) is 4.39 Å². The molecule has 0 saturated heterocycles. The van der Waals surface area contributed by atoms with Crippen molar-refractivity contribution in [2.75, 3.05) is 5.32 Å². The van der Waals surface area contributed by atoms with E-state index < -0.39 is 0 Å². The Kier molecular flexibility index (Phi) is 3.74. The molecule has 1 unspecified atom stereocenters. The second-order valence-electron chi connectivity index (χ2n) is 3.92. The second-order valence-corrected chi connectivity index (χ2v) is 4.77. The van der Waals surface area contributed by atoms with Gasteiger partial charge in [-0.05, 0) is 31.0 Å². The van der Waals surface area contributed by atoms with Gasteiger partial charge in [-0.15, -0.1) is 11.3 Å². The minimum Gasteiger partial charge on any atom is -0.355 e. The zero-order valence-electron chi connectivity index (χ0n) is 9.90. The van der Waals surface area contributed by atoms with Crippen molar-refractivity contribution in [3.05, 3.63) is 46.7 Å². The van der Waals surface area contributed by atoms with Crippen molar-refractivity contribution < 1.29 is 4.39 Å². The highest BCUT2D eigenvalue weighted by Crippen LogP contribution is 2.22. The largest absolute Gasteiger partial charge is 0.355 e. The third kappa shape index (κ3) is 3.03. The third-order valence-corrected chi connectivity index (χ3v) is 3.45. The molecule has 1 heterocycles. The lowest BCUT2D eigenvalue weighted by molar-refractivity contribution is 0.626. The highest BCUT2D eigenvalue weighted by atomic mass is 32.1. The Labute approximate surface area is 105 Å². The highest BCUT2D eigenvalue weighted by molar-refractivity contribution is 7.13. The Balaban J connectivity index is 2.05. The summed E-state index contributed by atoms with van der Waals surface area (Å²) in [5.41, 5.74) is 2.16. The molecule has 2 rings (SSSR count). The fourth-order valence-corrected chi connectivity index (χ4v) is 2.44. The fourth-order valence-electron chi connectivity index (χ4n) is 1.56. The molecule has 0 aliphatic heterocycles. The van der Waals surface area contributed by atoms with Gasteiger partial charge in [-0.25, -0.2) is 9.37 Å². The average molecular weight is 250 g/mol. The third-order valence-electron chi connectivity index (χ3n) is 2.62. The molecule has 90 valence electrons. The molecule has 1 aromatic heterocycles. The molecule has 2 nitrogen and oxygen atoms in total. The van der Waals surface area contributed by atoms with Crippen LogP contribution in [0.5, 0.6) is 0 Å². The number of nitrogens with one attached hydrogen (secondary N) is 1. The summed E-state index contributed by atoms with van der Waals surface area (Å²) in [5, 5.41) is 6.29. The molecule has 0 amide bonds. The summed E-state index contributed by atoms with van der Waals surface area (Å²) >= 11 is 1.60. The first kappa shape index (κ1) is 12.0. The van der Waals surface area contributed by atoms with Crippen molar-refractivity contribution in [2.45, 2.75) is 26.3 Å². The number of hydrogen-bond acceptors (Lipinski definition) is 3. The van der Waals surface area contributed by atoms with Crippen LogP contribution in [0, 0.1) is 5.82 Å². The smallest absolute Gasteiger partial charge is 0.183 e. The summed E-state index contributed by atoms with van der Waals surface area (Å²) in [7, 11) is 0. The Hall–Kier alpha value is -1.42. The summed E-state index contributed by atoms with van der Waals surface area (Å²) in [6, 6.07) is 6.67. The van der Waals surface area contributed by atoms with Crippen LogP contribution in [-0.2, 0) is 6.42 Å². The number of nitrogens with zero attached hydrogens (tertiary/aromatic N) is 1. The number of aryl methyl sites for hydroxylation is 1. The number of aromatic nitrogens is 1. The fraction of sp³-hybridized carbons (Fsp3) is 0.308. The zero-order chi connectivity index (χ0) is 12.3. The molecule has 1 N–H and O–H groups in total. The minimum atomic E-state index is -0.205. The predicted molar refractivity (Wildman–Crippen MR) is 69.9 cm³/mol. The maximum absolute atomic E-state index is 12.8. The molecule has 0 fully saturated rings. The summed E-state index contributed by atoms with van der Waals surface area (Å²) in [6.07, 6.45) is 0.948. The van der Waals surface area contributed by atoms with Gasteiger partial charge in [-0.2, -0.15) is 0 Å². The molecule has 2 aromatic rings. The predicted octanol–water partition coefficient (Wildman–Crippen LogP) is 4.02. The van der Waals surface area contributed by atoms with E-state index in [0.29, 0.717) is 0 Å². The quantitative estimate of drug-likeness (QED) is 0.886. The lowest BCUT2D eigenvalue weighted by atomic mass is 10.1. The van der Waals surface area contributed by atoms with Crippen LogP contribution < -0.4 is 5.32 Å². The van der Waals surface area contributed by atoms with Gasteiger partial charge in [-0.1, -0.05) is 19.1 Å². The molecular weight excluding hydrogens is 235 g/mol. The minimum absolute atomic E-state index is 0.131. The number of anilines is 1. The normalized spacial score (nSPS) is 12.4. The Morgan fingerprint density at radius 2 is 2.06 bits per heavy atom. The standard InChI is InChI=1S/C13H15FN2S/c1-3-12-8-17-13(16-12)15-9(2)10-4-6-11(14)7-5-10/h4-9H,3H2,1-2H3,(H,15,16). The van der Waals surface area contributed by atoms with Crippen molar-refractivity contribution >= 4 is 16.5 Å². The van der Waals surface area contributed by atoms with Crippen LogP contribution in [0.2, 0.25) is 0 Å². The zero-order valence-corrected chi connectivity index (χ0v) is 10.7. The van der Waals surface area contributed by atoms with Crippen molar-refractivity contribution in [3.8, 4) is 0 Å². The number of thiazole rings is 1. The lowest BCUT2D eigenvalue weighted by Crippen LogP contribution is -2.06. The van der Waals surface area contributed by atoms with Crippen molar-refractivity contribution in [2.24, 2.45) is 0 Å².